The highest BCUT2D eigenvalue weighted by molar-refractivity contribution is 7.17. The van der Waals surface area contributed by atoms with Crippen molar-refractivity contribution in [3.63, 3.8) is 0 Å². The van der Waals surface area contributed by atoms with Gasteiger partial charge in [-0.2, -0.15) is 11.3 Å². The van der Waals surface area contributed by atoms with Gasteiger partial charge in [0.05, 0.1) is 5.69 Å². The molecule has 1 saturated heterocycles. The van der Waals surface area contributed by atoms with Crippen LogP contribution in [0.2, 0.25) is 0 Å². The molecule has 3 rings (SSSR count). The van der Waals surface area contributed by atoms with Crippen LogP contribution in [0.3, 0.4) is 0 Å². The summed E-state index contributed by atoms with van der Waals surface area (Å²) in [5.74, 6) is 0.200. The summed E-state index contributed by atoms with van der Waals surface area (Å²) in [6, 6.07) is 2.03. The van der Waals surface area contributed by atoms with Crippen LogP contribution in [0.25, 0.3) is 10.6 Å². The summed E-state index contributed by atoms with van der Waals surface area (Å²) in [5.41, 5.74) is 1.86. The second kappa shape index (κ2) is 8.10. The summed E-state index contributed by atoms with van der Waals surface area (Å²) in [5, 5.41) is 7.92. The predicted molar refractivity (Wildman–Crippen MR) is 102 cm³/mol. The van der Waals surface area contributed by atoms with Gasteiger partial charge in [-0.15, -0.1) is 11.3 Å². The second-order valence-electron chi connectivity index (χ2n) is 6.30. The SMILES string of the molecule is CCCNC(=O)C1CCN(C(=O)c2sc(-c3ccsc3)nc2C)CC1. The number of hydrogen-bond donors (Lipinski definition) is 1. The number of aromatic nitrogens is 1. The van der Waals surface area contributed by atoms with Crippen LogP contribution < -0.4 is 5.32 Å². The van der Waals surface area contributed by atoms with Gasteiger partial charge >= 0.3 is 0 Å². The van der Waals surface area contributed by atoms with Crippen molar-refractivity contribution in [3.05, 3.63) is 27.4 Å². The Bertz CT molecular complexity index is 732. The number of thiophene rings is 1. The Morgan fingerprint density at radius 1 is 1.36 bits per heavy atom. The lowest BCUT2D eigenvalue weighted by molar-refractivity contribution is -0.126. The minimum Gasteiger partial charge on any atom is -0.356 e. The van der Waals surface area contributed by atoms with E-state index in [0.717, 1.165) is 46.9 Å². The summed E-state index contributed by atoms with van der Waals surface area (Å²) in [6.07, 6.45) is 2.41. The minimum absolute atomic E-state index is 0.0273. The molecule has 134 valence electrons. The molecule has 2 amide bonds. The van der Waals surface area contributed by atoms with E-state index in [0.29, 0.717) is 13.1 Å². The van der Waals surface area contributed by atoms with Crippen molar-refractivity contribution in [3.8, 4) is 10.6 Å². The molecule has 7 heteroatoms. The highest BCUT2D eigenvalue weighted by Crippen LogP contribution is 2.31. The summed E-state index contributed by atoms with van der Waals surface area (Å²) < 4.78 is 0. The zero-order valence-corrected chi connectivity index (χ0v) is 16.2. The van der Waals surface area contributed by atoms with E-state index in [4.69, 9.17) is 0 Å². The van der Waals surface area contributed by atoms with Gasteiger partial charge < -0.3 is 10.2 Å². The van der Waals surface area contributed by atoms with Crippen molar-refractivity contribution in [2.75, 3.05) is 19.6 Å². The molecular weight excluding hydrogens is 354 g/mol. The Hall–Kier alpha value is -1.73. The number of carbonyl (C=O) groups excluding carboxylic acids is 2. The first-order valence-corrected chi connectivity index (χ1v) is 10.4. The lowest BCUT2D eigenvalue weighted by atomic mass is 9.95. The standard InChI is InChI=1S/C18H23N3O2S2/c1-3-7-19-16(22)13-4-8-21(9-5-13)18(23)15-12(2)20-17(25-15)14-6-10-24-11-14/h6,10-11,13H,3-5,7-9H2,1-2H3,(H,19,22). The normalized spacial score (nSPS) is 15.4. The molecule has 1 aliphatic heterocycles. The fourth-order valence-electron chi connectivity index (χ4n) is 2.99. The van der Waals surface area contributed by atoms with Crippen molar-refractivity contribution in [1.82, 2.24) is 15.2 Å². The van der Waals surface area contributed by atoms with E-state index in [1.54, 1.807) is 11.3 Å². The van der Waals surface area contributed by atoms with E-state index in [2.05, 4.69) is 10.3 Å². The Kier molecular flexibility index (Phi) is 5.86. The van der Waals surface area contributed by atoms with Crippen LogP contribution in [0.15, 0.2) is 16.8 Å². The number of nitrogens with zero attached hydrogens (tertiary/aromatic N) is 2. The van der Waals surface area contributed by atoms with Crippen LogP contribution in [-0.2, 0) is 4.79 Å². The topological polar surface area (TPSA) is 62.3 Å². The summed E-state index contributed by atoms with van der Waals surface area (Å²) in [7, 11) is 0. The third-order valence-corrected chi connectivity index (χ3v) is 6.34. The first kappa shape index (κ1) is 18.1. The molecule has 25 heavy (non-hydrogen) atoms. The molecule has 1 aliphatic rings. The van der Waals surface area contributed by atoms with Crippen LogP contribution in [-0.4, -0.2) is 41.3 Å². The van der Waals surface area contributed by atoms with Crippen LogP contribution in [0.1, 0.15) is 41.6 Å². The van der Waals surface area contributed by atoms with E-state index in [1.165, 1.54) is 11.3 Å². The molecule has 2 aromatic heterocycles. The van der Waals surface area contributed by atoms with Gasteiger partial charge in [0.1, 0.15) is 9.88 Å². The molecule has 0 aromatic carbocycles. The highest BCUT2D eigenvalue weighted by atomic mass is 32.1. The van der Waals surface area contributed by atoms with Crippen LogP contribution >= 0.6 is 22.7 Å². The number of piperidine rings is 1. The maximum atomic E-state index is 12.9. The van der Waals surface area contributed by atoms with Crippen LogP contribution in [0.4, 0.5) is 0 Å². The van der Waals surface area contributed by atoms with E-state index >= 15 is 0 Å². The summed E-state index contributed by atoms with van der Waals surface area (Å²) >= 11 is 3.09. The number of amides is 2. The van der Waals surface area contributed by atoms with E-state index in [9.17, 15) is 9.59 Å². The molecule has 3 heterocycles. The first-order valence-electron chi connectivity index (χ1n) is 8.67. The largest absolute Gasteiger partial charge is 0.356 e. The molecule has 1 N–H and O–H groups in total. The molecule has 5 nitrogen and oxygen atoms in total. The zero-order valence-electron chi connectivity index (χ0n) is 14.6. The maximum absolute atomic E-state index is 12.9. The third-order valence-electron chi connectivity index (χ3n) is 4.46. The van der Waals surface area contributed by atoms with Crippen molar-refractivity contribution in [2.45, 2.75) is 33.1 Å². The van der Waals surface area contributed by atoms with E-state index in [1.807, 2.05) is 35.6 Å². The van der Waals surface area contributed by atoms with Crippen LogP contribution in [0, 0.1) is 12.8 Å². The van der Waals surface area contributed by atoms with Crippen molar-refractivity contribution in [2.24, 2.45) is 5.92 Å². The second-order valence-corrected chi connectivity index (χ2v) is 8.08. The number of carbonyl (C=O) groups is 2. The smallest absolute Gasteiger partial charge is 0.265 e. The molecule has 0 radical (unpaired) electrons. The molecule has 0 aliphatic carbocycles. The van der Waals surface area contributed by atoms with Crippen molar-refractivity contribution >= 4 is 34.5 Å². The summed E-state index contributed by atoms with van der Waals surface area (Å²) in [4.78, 5) is 32.1. The third kappa shape index (κ3) is 4.10. The number of hydrogen-bond acceptors (Lipinski definition) is 5. The molecule has 0 bridgehead atoms. The average molecular weight is 378 g/mol. The van der Waals surface area contributed by atoms with Gasteiger partial charge in [0, 0.05) is 36.5 Å². The summed E-state index contributed by atoms with van der Waals surface area (Å²) in [6.45, 7) is 5.93. The quantitative estimate of drug-likeness (QED) is 0.867. The van der Waals surface area contributed by atoms with Crippen molar-refractivity contribution in [1.29, 1.82) is 0 Å². The van der Waals surface area contributed by atoms with Gasteiger partial charge in [0.2, 0.25) is 5.91 Å². The Labute approximate surface area is 156 Å². The fourth-order valence-corrected chi connectivity index (χ4v) is 4.73. The molecular formula is C18H23N3O2S2. The number of rotatable bonds is 5. The number of likely N-dealkylation sites (tertiary alicyclic amines) is 1. The number of thiazole rings is 1. The minimum atomic E-state index is 0.0273. The van der Waals surface area contributed by atoms with Gasteiger partial charge in [0.25, 0.3) is 5.91 Å². The van der Waals surface area contributed by atoms with Gasteiger partial charge in [-0.25, -0.2) is 4.98 Å². The number of nitrogens with one attached hydrogen (secondary N) is 1. The Morgan fingerprint density at radius 3 is 2.76 bits per heavy atom. The van der Waals surface area contributed by atoms with E-state index < -0.39 is 0 Å². The first-order chi connectivity index (χ1) is 12.1. The van der Waals surface area contributed by atoms with Gasteiger partial charge in [-0.1, -0.05) is 6.92 Å². The molecule has 0 saturated carbocycles. The Morgan fingerprint density at radius 2 is 2.12 bits per heavy atom. The Balaban J connectivity index is 1.62. The molecule has 0 atom stereocenters. The predicted octanol–water partition coefficient (Wildman–Crippen LogP) is 3.56. The average Bonchev–Trinajstić information content (AvgIpc) is 3.28. The van der Waals surface area contributed by atoms with Gasteiger partial charge in [-0.3, -0.25) is 9.59 Å². The van der Waals surface area contributed by atoms with Crippen molar-refractivity contribution < 1.29 is 9.59 Å². The van der Waals surface area contributed by atoms with Gasteiger partial charge in [0.15, 0.2) is 0 Å². The number of aryl methyl sites for hydroxylation is 1. The monoisotopic (exact) mass is 377 g/mol. The molecule has 2 aromatic rings. The lowest BCUT2D eigenvalue weighted by Gasteiger charge is -2.31. The molecule has 1 fully saturated rings. The maximum Gasteiger partial charge on any atom is 0.265 e. The lowest BCUT2D eigenvalue weighted by Crippen LogP contribution is -2.43. The zero-order chi connectivity index (χ0) is 17.8. The van der Waals surface area contributed by atoms with Gasteiger partial charge in [-0.05, 0) is 37.6 Å². The van der Waals surface area contributed by atoms with Crippen LogP contribution in [0.5, 0.6) is 0 Å². The van der Waals surface area contributed by atoms with E-state index in [-0.39, 0.29) is 17.7 Å². The highest BCUT2D eigenvalue weighted by Gasteiger charge is 2.29. The molecule has 0 spiro atoms. The molecule has 0 unspecified atom stereocenters. The fraction of sp³-hybridized carbons (Fsp3) is 0.500.